The Morgan fingerprint density at radius 3 is 2.42 bits per heavy atom. The molecule has 7 nitrogen and oxygen atoms in total. The Balaban J connectivity index is 1.40. The maximum absolute atomic E-state index is 13.6. The van der Waals surface area contributed by atoms with Crippen LogP contribution >= 0.6 is 11.6 Å². The summed E-state index contributed by atoms with van der Waals surface area (Å²) in [4.78, 5) is 21.9. The number of pyridine rings is 2. The first kappa shape index (κ1) is 24.5. The van der Waals surface area contributed by atoms with Gasteiger partial charge in [-0.1, -0.05) is 11.6 Å². The molecule has 2 aromatic heterocycles. The number of halogens is 2. The van der Waals surface area contributed by atoms with Crippen molar-refractivity contribution in [3.63, 3.8) is 0 Å². The largest absolute Gasteiger partial charge is 0.381 e. The zero-order valence-corrected chi connectivity index (χ0v) is 21.2. The van der Waals surface area contributed by atoms with Gasteiger partial charge >= 0.3 is 0 Å². The average Bonchev–Trinajstić information content (AvgIpc) is 2.86. The fourth-order valence-electron chi connectivity index (χ4n) is 5.52. The van der Waals surface area contributed by atoms with E-state index in [2.05, 4.69) is 16.0 Å². The van der Waals surface area contributed by atoms with Crippen LogP contribution in [0.25, 0.3) is 11.0 Å². The van der Waals surface area contributed by atoms with Gasteiger partial charge in [-0.3, -0.25) is 4.79 Å². The van der Waals surface area contributed by atoms with Crippen molar-refractivity contribution in [3.8, 4) is 6.07 Å². The number of benzene rings is 1. The molecule has 188 valence electrons. The first-order valence-corrected chi connectivity index (χ1v) is 12.7. The van der Waals surface area contributed by atoms with Gasteiger partial charge in [-0.25, -0.2) is 9.37 Å². The highest BCUT2D eigenvalue weighted by Gasteiger charge is 2.33. The predicted octanol–water partition coefficient (Wildman–Crippen LogP) is 4.50. The molecule has 2 aliphatic rings. The number of nitrogens with zero attached hydrogens (tertiary/aromatic N) is 5. The molecule has 0 atom stereocenters. The van der Waals surface area contributed by atoms with Crippen LogP contribution < -0.4 is 15.4 Å². The van der Waals surface area contributed by atoms with E-state index < -0.39 is 0 Å². The van der Waals surface area contributed by atoms with Gasteiger partial charge in [-0.05, 0) is 62.1 Å². The highest BCUT2D eigenvalue weighted by molar-refractivity contribution is 6.29. The van der Waals surface area contributed by atoms with Gasteiger partial charge < -0.3 is 19.1 Å². The molecular formula is C27H29ClFN5O2. The van der Waals surface area contributed by atoms with E-state index in [1.807, 2.05) is 24.1 Å². The second-order valence-electron chi connectivity index (χ2n) is 9.81. The number of ether oxygens (including phenoxy) is 1. The molecule has 0 spiro atoms. The minimum absolute atomic E-state index is 0.0855. The van der Waals surface area contributed by atoms with Crippen molar-refractivity contribution in [1.29, 1.82) is 5.26 Å². The van der Waals surface area contributed by atoms with E-state index in [1.54, 1.807) is 19.2 Å². The first-order chi connectivity index (χ1) is 17.4. The molecule has 5 rings (SSSR count). The molecule has 0 bridgehead atoms. The number of aryl methyl sites for hydroxylation is 1. The fraction of sp³-hybridized carbons (Fsp3) is 0.444. The van der Waals surface area contributed by atoms with Crippen molar-refractivity contribution >= 4 is 34.0 Å². The van der Waals surface area contributed by atoms with Crippen molar-refractivity contribution in [2.24, 2.45) is 13.0 Å². The van der Waals surface area contributed by atoms with Crippen LogP contribution in [0.5, 0.6) is 0 Å². The lowest BCUT2D eigenvalue weighted by atomic mass is 9.88. The van der Waals surface area contributed by atoms with E-state index in [9.17, 15) is 14.4 Å². The Kier molecular flexibility index (Phi) is 6.87. The number of hydrogen-bond acceptors (Lipinski definition) is 6. The Hall–Kier alpha value is -3.15. The summed E-state index contributed by atoms with van der Waals surface area (Å²) < 4.78 is 20.4. The van der Waals surface area contributed by atoms with Crippen molar-refractivity contribution in [2.75, 3.05) is 36.6 Å². The van der Waals surface area contributed by atoms with E-state index in [-0.39, 0.29) is 23.0 Å². The van der Waals surface area contributed by atoms with E-state index in [1.165, 1.54) is 16.7 Å². The summed E-state index contributed by atoms with van der Waals surface area (Å²) in [6.45, 7) is 2.41. The Morgan fingerprint density at radius 1 is 1.14 bits per heavy atom. The second kappa shape index (κ2) is 10.1. The summed E-state index contributed by atoms with van der Waals surface area (Å²) in [5.74, 6) is 0.246. The van der Waals surface area contributed by atoms with Crippen molar-refractivity contribution < 1.29 is 9.13 Å². The van der Waals surface area contributed by atoms with E-state index in [0.29, 0.717) is 33.8 Å². The van der Waals surface area contributed by atoms with Crippen LogP contribution in [0.3, 0.4) is 0 Å². The lowest BCUT2D eigenvalue weighted by molar-refractivity contribution is -0.0286. The molecule has 36 heavy (non-hydrogen) atoms. The molecule has 3 heterocycles. The predicted molar refractivity (Wildman–Crippen MR) is 139 cm³/mol. The highest BCUT2D eigenvalue weighted by Crippen LogP contribution is 2.35. The summed E-state index contributed by atoms with van der Waals surface area (Å²) in [6, 6.07) is 12.7. The molecule has 1 aliphatic heterocycles. The monoisotopic (exact) mass is 509 g/mol. The van der Waals surface area contributed by atoms with E-state index >= 15 is 0 Å². The Morgan fingerprint density at radius 2 is 1.81 bits per heavy atom. The number of rotatable bonds is 6. The van der Waals surface area contributed by atoms with Gasteiger partial charge in [0, 0.05) is 44.3 Å². The number of anilines is 2. The molecule has 0 unspecified atom stereocenters. The Labute approximate surface area is 214 Å². The van der Waals surface area contributed by atoms with Crippen LogP contribution in [0.2, 0.25) is 5.15 Å². The molecular weight excluding hydrogens is 481 g/mol. The zero-order valence-electron chi connectivity index (χ0n) is 20.5. The number of nitriles is 1. The summed E-state index contributed by atoms with van der Waals surface area (Å²) in [5.41, 5.74) is 2.52. The first-order valence-electron chi connectivity index (χ1n) is 12.3. The third kappa shape index (κ3) is 4.54. The van der Waals surface area contributed by atoms with Gasteiger partial charge in [0.15, 0.2) is 0 Å². The van der Waals surface area contributed by atoms with Gasteiger partial charge in [-0.15, -0.1) is 0 Å². The van der Waals surface area contributed by atoms with Gasteiger partial charge in [0.1, 0.15) is 28.1 Å². The lowest BCUT2D eigenvalue weighted by Crippen LogP contribution is -2.48. The SMILES string of the molecule is Cn1c(=O)c(C#N)c(N(C)[C@H]2CC[C@@H](N(CC3COC3)c3ccc(F)cc3)CC2)c2nc(Cl)ccc21. The van der Waals surface area contributed by atoms with E-state index in [4.69, 9.17) is 16.3 Å². The molecule has 0 radical (unpaired) electrons. The third-order valence-corrected chi connectivity index (χ3v) is 7.83. The van der Waals surface area contributed by atoms with Crippen molar-refractivity contribution in [3.05, 3.63) is 63.3 Å². The molecule has 0 N–H and O–H groups in total. The second-order valence-corrected chi connectivity index (χ2v) is 10.2. The number of hydrogen-bond donors (Lipinski definition) is 0. The summed E-state index contributed by atoms with van der Waals surface area (Å²) in [5, 5.41) is 10.2. The minimum atomic E-state index is -0.338. The smallest absolute Gasteiger partial charge is 0.270 e. The van der Waals surface area contributed by atoms with Gasteiger partial charge in [0.2, 0.25) is 0 Å². The van der Waals surface area contributed by atoms with Crippen LogP contribution in [0.1, 0.15) is 31.2 Å². The molecule has 9 heteroatoms. The molecule has 2 fully saturated rings. The van der Waals surface area contributed by atoms with Crippen LogP contribution in [-0.2, 0) is 11.8 Å². The van der Waals surface area contributed by atoms with E-state index in [0.717, 1.165) is 51.1 Å². The highest BCUT2D eigenvalue weighted by atomic mass is 35.5. The topological polar surface area (TPSA) is 74.4 Å². The maximum Gasteiger partial charge on any atom is 0.270 e. The standard InChI is InChI=1S/C27H29ClFN5O2/c1-32(26-22(13-30)27(35)33(2)23-11-12-24(28)31-25(23)26)19-7-9-21(10-8-19)34(14-17-15-36-16-17)20-5-3-18(29)4-6-20/h3-6,11-12,17,19,21H,7-10,14-16H2,1-2H3/t19-,21+. The summed E-state index contributed by atoms with van der Waals surface area (Å²) >= 11 is 6.21. The van der Waals surface area contributed by atoms with Crippen LogP contribution in [-0.4, -0.2) is 48.4 Å². The van der Waals surface area contributed by atoms with Crippen LogP contribution in [0, 0.1) is 23.1 Å². The summed E-state index contributed by atoms with van der Waals surface area (Å²) in [7, 11) is 3.58. The normalized spacial score (nSPS) is 20.1. The minimum Gasteiger partial charge on any atom is -0.381 e. The molecule has 1 aliphatic carbocycles. The van der Waals surface area contributed by atoms with Gasteiger partial charge in [0.25, 0.3) is 5.56 Å². The van der Waals surface area contributed by atoms with Crippen LogP contribution in [0.15, 0.2) is 41.2 Å². The molecule has 1 aromatic carbocycles. The van der Waals surface area contributed by atoms with Gasteiger partial charge in [0.05, 0.1) is 24.4 Å². The number of aromatic nitrogens is 2. The van der Waals surface area contributed by atoms with Crippen LogP contribution in [0.4, 0.5) is 15.8 Å². The fourth-order valence-corrected chi connectivity index (χ4v) is 5.67. The van der Waals surface area contributed by atoms with Crippen molar-refractivity contribution in [2.45, 2.75) is 37.8 Å². The average molecular weight is 510 g/mol. The maximum atomic E-state index is 13.6. The quantitative estimate of drug-likeness (QED) is 0.455. The molecule has 0 amide bonds. The molecule has 3 aromatic rings. The Bertz CT molecular complexity index is 1360. The molecule has 1 saturated carbocycles. The number of fused-ring (bicyclic) bond motifs is 1. The summed E-state index contributed by atoms with van der Waals surface area (Å²) in [6.07, 6.45) is 3.67. The molecule has 1 saturated heterocycles. The van der Waals surface area contributed by atoms with Crippen molar-refractivity contribution in [1.82, 2.24) is 9.55 Å². The zero-order chi connectivity index (χ0) is 25.4. The van der Waals surface area contributed by atoms with Gasteiger partial charge in [-0.2, -0.15) is 5.26 Å². The third-order valence-electron chi connectivity index (χ3n) is 7.62. The lowest BCUT2D eigenvalue weighted by Gasteiger charge is -2.43.